The van der Waals surface area contributed by atoms with E-state index in [0.717, 1.165) is 16.7 Å². The van der Waals surface area contributed by atoms with Gasteiger partial charge >= 0.3 is 5.69 Å². The van der Waals surface area contributed by atoms with Crippen LogP contribution in [0, 0.1) is 6.92 Å². The summed E-state index contributed by atoms with van der Waals surface area (Å²) in [6, 6.07) is 24.6. The highest BCUT2D eigenvalue weighted by atomic mass is 16.6. The normalized spacial score (nSPS) is 21.8. The van der Waals surface area contributed by atoms with E-state index in [9.17, 15) is 9.90 Å². The first-order valence-electron chi connectivity index (χ1n) is 15.5. The van der Waals surface area contributed by atoms with Crippen LogP contribution in [0.2, 0.25) is 0 Å². The van der Waals surface area contributed by atoms with Crippen molar-refractivity contribution >= 4 is 11.6 Å². The van der Waals surface area contributed by atoms with Crippen molar-refractivity contribution in [2.24, 2.45) is 0 Å². The van der Waals surface area contributed by atoms with Crippen molar-refractivity contribution in [2.45, 2.75) is 36.5 Å². The summed E-state index contributed by atoms with van der Waals surface area (Å²) in [5, 5.41) is 12.1. The number of benzene rings is 3. The highest BCUT2D eigenvalue weighted by Crippen LogP contribution is 2.50. The van der Waals surface area contributed by atoms with Crippen LogP contribution in [0.25, 0.3) is 0 Å². The van der Waals surface area contributed by atoms with Crippen LogP contribution in [0.1, 0.15) is 28.5 Å². The number of fused-ring (bicyclic) bond motifs is 2. The van der Waals surface area contributed by atoms with Gasteiger partial charge in [-0.3, -0.25) is 9.55 Å². The molecule has 3 N–H and O–H groups in total. The quantitative estimate of drug-likeness (QED) is 0.215. The summed E-state index contributed by atoms with van der Waals surface area (Å²) in [7, 11) is 3.24. The van der Waals surface area contributed by atoms with E-state index in [2.05, 4.69) is 15.0 Å². The van der Waals surface area contributed by atoms with E-state index in [1.807, 2.05) is 83.8 Å². The highest BCUT2D eigenvalue weighted by Gasteiger charge is 2.65. The molecule has 4 heterocycles. The fourth-order valence-corrected chi connectivity index (χ4v) is 6.82. The lowest BCUT2D eigenvalue weighted by atomic mass is 9.79. The zero-order chi connectivity index (χ0) is 33.5. The number of nitrogen functional groups attached to an aromatic ring is 1. The fourth-order valence-electron chi connectivity index (χ4n) is 6.82. The van der Waals surface area contributed by atoms with E-state index >= 15 is 0 Å². The lowest BCUT2D eigenvalue weighted by Crippen LogP contribution is -2.51. The number of anilines is 2. The second-order valence-corrected chi connectivity index (χ2v) is 12.0. The summed E-state index contributed by atoms with van der Waals surface area (Å²) in [5.74, 6) is 2.06. The molecule has 5 aromatic rings. The zero-order valence-electron chi connectivity index (χ0n) is 26.8. The van der Waals surface area contributed by atoms with Crippen LogP contribution in [0.5, 0.6) is 11.5 Å². The second-order valence-electron chi connectivity index (χ2n) is 12.0. The van der Waals surface area contributed by atoms with Crippen molar-refractivity contribution in [3.8, 4) is 11.5 Å². The number of aliphatic hydroxyl groups is 1. The SMILES string of the molecule is COc1ccc(C(OC[C@@]23CN(c4cnccn4)[C@@H]([C@H](n4cc(C)c(N)nc4=O)O2)[C@@H]3O)(c2ccccc2)c2ccc(OC)cc2)cc1. The molecule has 2 aliphatic rings. The first kappa shape index (κ1) is 31.3. The Kier molecular flexibility index (Phi) is 8.07. The Morgan fingerprint density at radius 1 is 0.958 bits per heavy atom. The van der Waals surface area contributed by atoms with Gasteiger partial charge in [-0.25, -0.2) is 9.78 Å². The van der Waals surface area contributed by atoms with Crippen molar-refractivity contribution in [3.05, 3.63) is 136 Å². The maximum atomic E-state index is 13.2. The number of nitrogens with zero attached hydrogens (tertiary/aromatic N) is 5. The lowest BCUT2D eigenvalue weighted by Gasteiger charge is -2.41. The number of ether oxygens (including phenoxy) is 4. The minimum absolute atomic E-state index is 0.0684. The third-order valence-electron chi connectivity index (χ3n) is 9.31. The summed E-state index contributed by atoms with van der Waals surface area (Å²) in [4.78, 5) is 27.9. The molecule has 0 spiro atoms. The molecule has 12 nitrogen and oxygen atoms in total. The molecule has 2 aliphatic heterocycles. The van der Waals surface area contributed by atoms with Gasteiger partial charge in [0, 0.05) is 24.2 Å². The molecule has 2 fully saturated rings. The molecular weight excluding hydrogens is 612 g/mol. The van der Waals surface area contributed by atoms with E-state index in [-0.39, 0.29) is 19.0 Å². The summed E-state index contributed by atoms with van der Waals surface area (Å²) in [6.07, 6.45) is 4.38. The Labute approximate surface area is 277 Å². The molecule has 48 heavy (non-hydrogen) atoms. The number of rotatable bonds is 10. The van der Waals surface area contributed by atoms with Crippen LogP contribution in [0.15, 0.2) is 108 Å². The van der Waals surface area contributed by atoms with E-state index in [0.29, 0.717) is 22.9 Å². The maximum Gasteiger partial charge on any atom is 0.351 e. The lowest BCUT2D eigenvalue weighted by molar-refractivity contribution is -0.159. The predicted octanol–water partition coefficient (Wildman–Crippen LogP) is 3.47. The average Bonchev–Trinajstić information content (AvgIpc) is 3.57. The largest absolute Gasteiger partial charge is 0.497 e. The van der Waals surface area contributed by atoms with Crippen molar-refractivity contribution in [2.75, 3.05) is 38.0 Å². The monoisotopic (exact) mass is 648 g/mol. The van der Waals surface area contributed by atoms with Gasteiger partial charge in [0.15, 0.2) is 6.23 Å². The van der Waals surface area contributed by atoms with Crippen LogP contribution in [-0.2, 0) is 15.1 Å². The van der Waals surface area contributed by atoms with Gasteiger partial charge in [-0.1, -0.05) is 54.6 Å². The minimum Gasteiger partial charge on any atom is -0.497 e. The molecule has 0 amide bonds. The van der Waals surface area contributed by atoms with E-state index in [1.54, 1.807) is 45.9 Å². The standard InChI is InChI=1S/C36H36N6O6/c1-23-20-41(34(44)40-32(23)37)33-30-31(43)35(48-33,21-42(30)29-19-38-17-18-39-29)22-47-36(24-7-5-4-6-8-24,25-9-13-27(45-2)14-10-25)26-11-15-28(46-3)16-12-26/h4-20,30-31,33,43H,21-22H2,1-3H3,(H2,37,40,44)/t30-,31+,33-,35-/m1/s1. The van der Waals surface area contributed by atoms with Gasteiger partial charge in [-0.05, 0) is 47.9 Å². The van der Waals surface area contributed by atoms with E-state index in [4.69, 9.17) is 24.7 Å². The smallest absolute Gasteiger partial charge is 0.351 e. The molecule has 2 saturated heterocycles. The van der Waals surface area contributed by atoms with Gasteiger partial charge in [0.2, 0.25) is 0 Å². The maximum absolute atomic E-state index is 13.2. The summed E-state index contributed by atoms with van der Waals surface area (Å²) in [6.45, 7) is 1.92. The van der Waals surface area contributed by atoms with Crippen molar-refractivity contribution in [3.63, 3.8) is 0 Å². The number of hydrogen-bond donors (Lipinski definition) is 2. The summed E-state index contributed by atoms with van der Waals surface area (Å²) in [5.41, 5.74) is 6.03. The number of hydrogen-bond acceptors (Lipinski definition) is 11. The van der Waals surface area contributed by atoms with Crippen molar-refractivity contribution < 1.29 is 24.1 Å². The van der Waals surface area contributed by atoms with Crippen LogP contribution in [-0.4, -0.2) is 69.7 Å². The van der Waals surface area contributed by atoms with Gasteiger partial charge in [-0.15, -0.1) is 0 Å². The molecule has 2 bridgehead atoms. The Balaban J connectivity index is 1.36. The Morgan fingerprint density at radius 2 is 1.58 bits per heavy atom. The number of aromatic nitrogens is 4. The molecule has 0 radical (unpaired) electrons. The minimum atomic E-state index is -1.29. The van der Waals surface area contributed by atoms with Crippen molar-refractivity contribution in [1.29, 1.82) is 0 Å². The summed E-state index contributed by atoms with van der Waals surface area (Å²) >= 11 is 0. The Morgan fingerprint density at radius 3 is 2.17 bits per heavy atom. The molecule has 0 aliphatic carbocycles. The average molecular weight is 649 g/mol. The molecule has 246 valence electrons. The number of methoxy groups -OCH3 is 2. The molecular formula is C36H36N6O6. The molecule has 3 aromatic carbocycles. The highest BCUT2D eigenvalue weighted by molar-refractivity contribution is 5.50. The molecule has 7 rings (SSSR count). The van der Waals surface area contributed by atoms with Gasteiger partial charge < -0.3 is 34.7 Å². The van der Waals surface area contributed by atoms with Crippen LogP contribution in [0.4, 0.5) is 11.6 Å². The molecule has 2 aromatic heterocycles. The van der Waals surface area contributed by atoms with Crippen LogP contribution >= 0.6 is 0 Å². The van der Waals surface area contributed by atoms with Gasteiger partial charge in [0.25, 0.3) is 0 Å². The molecule has 0 saturated carbocycles. The zero-order valence-corrected chi connectivity index (χ0v) is 26.8. The predicted molar refractivity (Wildman–Crippen MR) is 178 cm³/mol. The number of nitrogens with two attached hydrogens (primary N) is 1. The van der Waals surface area contributed by atoms with E-state index in [1.165, 1.54) is 4.57 Å². The Hall–Kier alpha value is -5.30. The van der Waals surface area contributed by atoms with Crippen LogP contribution in [0.3, 0.4) is 0 Å². The van der Waals surface area contributed by atoms with Crippen molar-refractivity contribution in [1.82, 2.24) is 19.5 Å². The third-order valence-corrected chi connectivity index (χ3v) is 9.31. The third kappa shape index (κ3) is 5.14. The van der Waals surface area contributed by atoms with Crippen LogP contribution < -0.4 is 25.8 Å². The van der Waals surface area contributed by atoms with Gasteiger partial charge in [0.05, 0.1) is 33.6 Å². The summed E-state index contributed by atoms with van der Waals surface area (Å²) < 4.78 is 26.3. The van der Waals surface area contributed by atoms with Gasteiger partial charge in [-0.2, -0.15) is 4.98 Å². The second kappa shape index (κ2) is 12.4. The molecule has 4 atom stereocenters. The number of aryl methyl sites for hydroxylation is 1. The molecule has 0 unspecified atom stereocenters. The first-order chi connectivity index (χ1) is 23.3. The topological polar surface area (TPSA) is 147 Å². The van der Waals surface area contributed by atoms with E-state index < -0.39 is 35.3 Å². The number of morpholine rings is 1. The number of aliphatic hydroxyl groups excluding tert-OH is 1. The first-order valence-corrected chi connectivity index (χ1v) is 15.5. The Bertz CT molecular complexity index is 1890. The fraction of sp³-hybridized carbons (Fsp3) is 0.278. The molecule has 12 heteroatoms. The van der Waals surface area contributed by atoms with Gasteiger partial charge in [0.1, 0.15) is 46.5 Å².